The van der Waals surface area contributed by atoms with Crippen LogP contribution in [0, 0.1) is 11.3 Å². The summed E-state index contributed by atoms with van der Waals surface area (Å²) in [6.45, 7) is 0. The van der Waals surface area contributed by atoms with Crippen molar-refractivity contribution in [3.05, 3.63) is 118 Å². The van der Waals surface area contributed by atoms with Gasteiger partial charge in [-0.3, -0.25) is 0 Å². The molecule has 0 fully saturated rings. The Balaban J connectivity index is 1.76. The third-order valence-corrected chi connectivity index (χ3v) is 5.94. The highest BCUT2D eigenvalue weighted by molar-refractivity contribution is 6.30. The normalized spacial score (nSPS) is 15.2. The van der Waals surface area contributed by atoms with Gasteiger partial charge in [0.15, 0.2) is 0 Å². The van der Waals surface area contributed by atoms with Gasteiger partial charge in [0.1, 0.15) is 23.1 Å². The first-order valence-electron chi connectivity index (χ1n) is 10.5. The minimum Gasteiger partial charge on any atom is -0.496 e. The molecule has 1 unspecified atom stereocenters. The Hall–Kier alpha value is -4.07. The van der Waals surface area contributed by atoms with Gasteiger partial charge in [0.25, 0.3) is 0 Å². The first-order valence-corrected chi connectivity index (χ1v) is 10.8. The standard InChI is InChI=1S/C28H19ClN2O2/c1-32-25-15-23-26(19-11-13-20(29)14-12-19)24(16-30)28(31-17-18-7-3-2-4-8-18)33-27(23)22-10-6-5-9-21(22)25/h2-15,17,26H,1H3. The second-order valence-corrected chi connectivity index (χ2v) is 8.07. The summed E-state index contributed by atoms with van der Waals surface area (Å²) in [5.41, 5.74) is 3.11. The number of methoxy groups -OCH3 is 1. The monoisotopic (exact) mass is 450 g/mol. The molecule has 1 aliphatic heterocycles. The lowest BCUT2D eigenvalue weighted by molar-refractivity contribution is 0.394. The van der Waals surface area contributed by atoms with Crippen LogP contribution < -0.4 is 9.47 Å². The molecule has 5 heteroatoms. The third-order valence-electron chi connectivity index (χ3n) is 5.69. The van der Waals surface area contributed by atoms with Gasteiger partial charge in [-0.25, -0.2) is 4.99 Å². The summed E-state index contributed by atoms with van der Waals surface area (Å²) >= 11 is 6.15. The second kappa shape index (κ2) is 8.82. The van der Waals surface area contributed by atoms with Crippen LogP contribution >= 0.6 is 11.6 Å². The molecule has 5 rings (SSSR count). The molecule has 1 aliphatic rings. The largest absolute Gasteiger partial charge is 0.496 e. The SMILES string of the molecule is COc1cc2c(c3ccccc13)OC(N=Cc1ccccc1)=C(C#N)C2c1ccc(Cl)cc1. The number of benzene rings is 4. The van der Waals surface area contributed by atoms with Crippen molar-refractivity contribution in [2.24, 2.45) is 4.99 Å². The van der Waals surface area contributed by atoms with Crippen molar-refractivity contribution in [3.63, 3.8) is 0 Å². The van der Waals surface area contributed by atoms with Crippen LogP contribution in [0.4, 0.5) is 0 Å². The van der Waals surface area contributed by atoms with Crippen LogP contribution in [-0.2, 0) is 0 Å². The minimum atomic E-state index is -0.377. The lowest BCUT2D eigenvalue weighted by Crippen LogP contribution is -2.16. The topological polar surface area (TPSA) is 54.6 Å². The molecule has 0 saturated heterocycles. The van der Waals surface area contributed by atoms with E-state index in [0.717, 1.165) is 33.2 Å². The van der Waals surface area contributed by atoms with E-state index in [-0.39, 0.29) is 11.8 Å². The van der Waals surface area contributed by atoms with E-state index in [9.17, 15) is 5.26 Å². The maximum atomic E-state index is 10.2. The Morgan fingerprint density at radius 2 is 1.67 bits per heavy atom. The van der Waals surface area contributed by atoms with E-state index in [1.807, 2.05) is 84.9 Å². The minimum absolute atomic E-state index is 0.282. The zero-order valence-electron chi connectivity index (χ0n) is 17.8. The summed E-state index contributed by atoms with van der Waals surface area (Å²) in [5.74, 6) is 1.30. The molecule has 4 aromatic rings. The molecule has 0 aromatic heterocycles. The predicted molar refractivity (Wildman–Crippen MR) is 131 cm³/mol. The summed E-state index contributed by atoms with van der Waals surface area (Å²) in [6.07, 6.45) is 1.71. The Morgan fingerprint density at radius 3 is 2.36 bits per heavy atom. The summed E-state index contributed by atoms with van der Waals surface area (Å²) in [5, 5.41) is 12.7. The molecule has 160 valence electrons. The molecular formula is C28H19ClN2O2. The molecule has 4 nitrogen and oxygen atoms in total. The summed E-state index contributed by atoms with van der Waals surface area (Å²) in [4.78, 5) is 4.60. The number of rotatable bonds is 4. The van der Waals surface area contributed by atoms with Crippen molar-refractivity contribution in [2.75, 3.05) is 7.11 Å². The third kappa shape index (κ3) is 3.84. The van der Waals surface area contributed by atoms with Crippen molar-refractivity contribution in [3.8, 4) is 17.6 Å². The van der Waals surface area contributed by atoms with Gasteiger partial charge < -0.3 is 9.47 Å². The van der Waals surface area contributed by atoms with Crippen LogP contribution in [0.1, 0.15) is 22.6 Å². The smallest absolute Gasteiger partial charge is 0.234 e. The molecule has 4 aromatic carbocycles. The average molecular weight is 451 g/mol. The van der Waals surface area contributed by atoms with E-state index >= 15 is 0 Å². The number of hydrogen-bond acceptors (Lipinski definition) is 4. The highest BCUT2D eigenvalue weighted by Gasteiger charge is 2.33. The first kappa shape index (κ1) is 20.8. The first-order chi connectivity index (χ1) is 16.2. The lowest BCUT2D eigenvalue weighted by atomic mass is 9.82. The van der Waals surface area contributed by atoms with Gasteiger partial charge in [-0.05, 0) is 29.3 Å². The molecule has 0 N–H and O–H groups in total. The molecule has 0 spiro atoms. The van der Waals surface area contributed by atoms with Crippen molar-refractivity contribution in [2.45, 2.75) is 5.92 Å². The van der Waals surface area contributed by atoms with E-state index in [4.69, 9.17) is 21.1 Å². The van der Waals surface area contributed by atoms with Crippen LogP contribution in [0.3, 0.4) is 0 Å². The molecule has 0 radical (unpaired) electrons. The molecule has 33 heavy (non-hydrogen) atoms. The van der Waals surface area contributed by atoms with E-state index in [1.54, 1.807) is 13.3 Å². The number of aliphatic imine (C=N–C) groups is 1. The number of allylic oxidation sites excluding steroid dienone is 1. The van der Waals surface area contributed by atoms with Gasteiger partial charge in [-0.2, -0.15) is 5.26 Å². The van der Waals surface area contributed by atoms with Gasteiger partial charge >= 0.3 is 0 Å². The number of ether oxygens (including phenoxy) is 2. The molecule has 1 heterocycles. The molecular weight excluding hydrogens is 432 g/mol. The highest BCUT2D eigenvalue weighted by Crippen LogP contribution is 2.49. The maximum absolute atomic E-state index is 10.2. The van der Waals surface area contributed by atoms with Gasteiger partial charge in [-0.1, -0.05) is 78.3 Å². The van der Waals surface area contributed by atoms with Gasteiger partial charge in [0.05, 0.1) is 13.0 Å². The summed E-state index contributed by atoms with van der Waals surface area (Å²) < 4.78 is 12.0. The molecule has 0 amide bonds. The van der Waals surface area contributed by atoms with Crippen LogP contribution in [-0.4, -0.2) is 13.3 Å². The second-order valence-electron chi connectivity index (χ2n) is 7.63. The van der Waals surface area contributed by atoms with Crippen LogP contribution in [0.2, 0.25) is 5.02 Å². The number of nitrogens with zero attached hydrogens (tertiary/aromatic N) is 2. The summed E-state index contributed by atoms with van der Waals surface area (Å²) in [7, 11) is 1.64. The fourth-order valence-corrected chi connectivity index (χ4v) is 4.27. The zero-order valence-corrected chi connectivity index (χ0v) is 18.6. The quantitative estimate of drug-likeness (QED) is 0.318. The van der Waals surface area contributed by atoms with E-state index in [1.165, 1.54) is 0 Å². The van der Waals surface area contributed by atoms with Crippen molar-refractivity contribution in [1.29, 1.82) is 5.26 Å². The van der Waals surface area contributed by atoms with Crippen LogP contribution in [0.25, 0.3) is 10.8 Å². The fourth-order valence-electron chi connectivity index (χ4n) is 4.15. The van der Waals surface area contributed by atoms with E-state index in [2.05, 4.69) is 11.1 Å². The molecule has 0 aliphatic carbocycles. The van der Waals surface area contributed by atoms with E-state index in [0.29, 0.717) is 16.3 Å². The predicted octanol–water partition coefficient (Wildman–Crippen LogP) is 6.88. The Bertz CT molecular complexity index is 1430. The Morgan fingerprint density at radius 1 is 0.970 bits per heavy atom. The maximum Gasteiger partial charge on any atom is 0.234 e. The van der Waals surface area contributed by atoms with Crippen LogP contribution in [0.5, 0.6) is 11.5 Å². The molecule has 0 saturated carbocycles. The molecule has 1 atom stereocenters. The van der Waals surface area contributed by atoms with Gasteiger partial charge in [0, 0.05) is 27.6 Å². The van der Waals surface area contributed by atoms with Gasteiger partial charge in [-0.15, -0.1) is 0 Å². The van der Waals surface area contributed by atoms with Gasteiger partial charge in [0.2, 0.25) is 5.88 Å². The number of fused-ring (bicyclic) bond motifs is 3. The van der Waals surface area contributed by atoms with Crippen LogP contribution in [0.15, 0.2) is 101 Å². The highest BCUT2D eigenvalue weighted by atomic mass is 35.5. The van der Waals surface area contributed by atoms with Crippen molar-refractivity contribution >= 4 is 28.6 Å². The lowest BCUT2D eigenvalue weighted by Gasteiger charge is -2.28. The zero-order chi connectivity index (χ0) is 22.8. The number of hydrogen-bond donors (Lipinski definition) is 0. The number of nitriles is 1. The van der Waals surface area contributed by atoms with Crippen molar-refractivity contribution in [1.82, 2.24) is 0 Å². The van der Waals surface area contributed by atoms with Crippen molar-refractivity contribution < 1.29 is 9.47 Å². The summed E-state index contributed by atoms with van der Waals surface area (Å²) in [6, 6.07) is 29.4. The fraction of sp³-hybridized carbons (Fsp3) is 0.0714. The molecule has 0 bridgehead atoms. The Kier molecular flexibility index (Phi) is 5.56. The number of halogens is 1. The Labute approximate surface area is 197 Å². The average Bonchev–Trinajstić information content (AvgIpc) is 2.87. The van der Waals surface area contributed by atoms with E-state index < -0.39 is 0 Å².